The average Bonchev–Trinajstić information content (AvgIpc) is 3.10. The van der Waals surface area contributed by atoms with Gasteiger partial charge in [0.1, 0.15) is 0 Å². The van der Waals surface area contributed by atoms with Gasteiger partial charge in [0.15, 0.2) is 11.5 Å². The zero-order chi connectivity index (χ0) is 16.8. The van der Waals surface area contributed by atoms with E-state index in [2.05, 4.69) is 15.4 Å². The molecule has 1 aromatic carbocycles. The van der Waals surface area contributed by atoms with E-state index in [0.717, 1.165) is 44.8 Å². The Kier molecular flexibility index (Phi) is 5.85. The second-order valence-corrected chi connectivity index (χ2v) is 6.09. The fourth-order valence-electron chi connectivity index (χ4n) is 2.58. The van der Waals surface area contributed by atoms with E-state index in [1.165, 1.54) is 0 Å². The van der Waals surface area contributed by atoms with Gasteiger partial charge in [-0.25, -0.2) is 0 Å². The summed E-state index contributed by atoms with van der Waals surface area (Å²) in [5.74, 6) is 0.296. The SMILES string of the molecule is O=C(NCCCN1CCOCC1)c1cc(-c2cccc(Cl)c2)on1. The van der Waals surface area contributed by atoms with Crippen molar-refractivity contribution in [1.29, 1.82) is 0 Å². The first-order valence-corrected chi connectivity index (χ1v) is 8.41. The van der Waals surface area contributed by atoms with Crippen LogP contribution in [0.3, 0.4) is 0 Å². The molecule has 1 aliphatic heterocycles. The highest BCUT2D eigenvalue weighted by Crippen LogP contribution is 2.23. The number of amides is 1. The normalized spacial score (nSPS) is 15.4. The summed E-state index contributed by atoms with van der Waals surface area (Å²) < 4.78 is 10.5. The fourth-order valence-corrected chi connectivity index (χ4v) is 2.77. The number of nitrogens with one attached hydrogen (secondary N) is 1. The van der Waals surface area contributed by atoms with Crippen LogP contribution in [0.15, 0.2) is 34.9 Å². The summed E-state index contributed by atoms with van der Waals surface area (Å²) in [5.41, 5.74) is 1.07. The summed E-state index contributed by atoms with van der Waals surface area (Å²) in [6.07, 6.45) is 0.894. The molecule has 0 saturated carbocycles. The summed E-state index contributed by atoms with van der Waals surface area (Å²) in [6.45, 7) is 5.06. The van der Waals surface area contributed by atoms with Crippen molar-refractivity contribution in [1.82, 2.24) is 15.4 Å². The Hall–Kier alpha value is -1.89. The van der Waals surface area contributed by atoms with E-state index in [1.54, 1.807) is 18.2 Å². The van der Waals surface area contributed by atoms with Gasteiger partial charge in [-0.15, -0.1) is 0 Å². The second-order valence-electron chi connectivity index (χ2n) is 5.65. The van der Waals surface area contributed by atoms with Gasteiger partial charge in [-0.2, -0.15) is 0 Å². The van der Waals surface area contributed by atoms with E-state index in [4.69, 9.17) is 20.9 Å². The van der Waals surface area contributed by atoms with E-state index in [0.29, 0.717) is 17.3 Å². The van der Waals surface area contributed by atoms with Crippen LogP contribution in [0.4, 0.5) is 0 Å². The van der Waals surface area contributed by atoms with Crippen LogP contribution in [0.1, 0.15) is 16.9 Å². The Labute approximate surface area is 145 Å². The molecular formula is C17H20ClN3O3. The Bertz CT molecular complexity index is 683. The van der Waals surface area contributed by atoms with E-state index in [-0.39, 0.29) is 11.6 Å². The molecule has 0 unspecified atom stereocenters. The monoisotopic (exact) mass is 349 g/mol. The number of aromatic nitrogens is 1. The van der Waals surface area contributed by atoms with Crippen molar-refractivity contribution in [2.75, 3.05) is 39.4 Å². The molecule has 1 amide bonds. The molecule has 1 N–H and O–H groups in total. The molecule has 7 heteroatoms. The quantitative estimate of drug-likeness (QED) is 0.811. The Morgan fingerprint density at radius 3 is 2.92 bits per heavy atom. The number of carbonyl (C=O) groups excluding carboxylic acids is 1. The third kappa shape index (κ3) is 4.56. The number of hydrogen-bond donors (Lipinski definition) is 1. The molecule has 2 aromatic rings. The minimum absolute atomic E-state index is 0.228. The van der Waals surface area contributed by atoms with Crippen molar-refractivity contribution < 1.29 is 14.1 Å². The number of hydrogen-bond acceptors (Lipinski definition) is 5. The molecule has 0 spiro atoms. The highest BCUT2D eigenvalue weighted by Gasteiger charge is 2.14. The predicted molar refractivity (Wildman–Crippen MR) is 91.2 cm³/mol. The first-order valence-electron chi connectivity index (χ1n) is 8.03. The number of benzene rings is 1. The lowest BCUT2D eigenvalue weighted by atomic mass is 10.1. The van der Waals surface area contributed by atoms with Gasteiger partial charge in [0, 0.05) is 36.3 Å². The maximum atomic E-state index is 12.1. The average molecular weight is 350 g/mol. The molecule has 1 fully saturated rings. The molecule has 1 aromatic heterocycles. The molecular weight excluding hydrogens is 330 g/mol. The smallest absolute Gasteiger partial charge is 0.273 e. The van der Waals surface area contributed by atoms with Gasteiger partial charge >= 0.3 is 0 Å². The van der Waals surface area contributed by atoms with Gasteiger partial charge in [-0.3, -0.25) is 9.69 Å². The molecule has 3 rings (SSSR count). The molecule has 1 aliphatic rings. The van der Waals surface area contributed by atoms with Gasteiger partial charge in [-0.1, -0.05) is 28.9 Å². The lowest BCUT2D eigenvalue weighted by Crippen LogP contribution is -2.38. The lowest BCUT2D eigenvalue weighted by Gasteiger charge is -2.26. The molecule has 0 bridgehead atoms. The van der Waals surface area contributed by atoms with Crippen LogP contribution in [0.2, 0.25) is 5.02 Å². The third-order valence-corrected chi connectivity index (χ3v) is 4.13. The van der Waals surface area contributed by atoms with Crippen molar-refractivity contribution >= 4 is 17.5 Å². The number of morpholine rings is 1. The van der Waals surface area contributed by atoms with Crippen molar-refractivity contribution in [3.05, 3.63) is 41.0 Å². The maximum absolute atomic E-state index is 12.1. The van der Waals surface area contributed by atoms with Crippen molar-refractivity contribution in [3.63, 3.8) is 0 Å². The molecule has 0 radical (unpaired) electrons. The van der Waals surface area contributed by atoms with Crippen molar-refractivity contribution in [2.24, 2.45) is 0 Å². The summed E-state index contributed by atoms with van der Waals surface area (Å²) in [4.78, 5) is 14.5. The standard InChI is InChI=1S/C17H20ClN3O3/c18-14-4-1-3-13(11-14)16-12-15(20-24-16)17(22)19-5-2-6-21-7-9-23-10-8-21/h1,3-4,11-12H,2,5-10H2,(H,19,22). The summed E-state index contributed by atoms with van der Waals surface area (Å²) in [7, 11) is 0. The van der Waals surface area contributed by atoms with Crippen molar-refractivity contribution in [2.45, 2.75) is 6.42 Å². The van der Waals surface area contributed by atoms with Gasteiger partial charge in [0.2, 0.25) is 0 Å². The van der Waals surface area contributed by atoms with Crippen LogP contribution < -0.4 is 5.32 Å². The summed E-state index contributed by atoms with van der Waals surface area (Å²) in [6, 6.07) is 8.86. The first kappa shape index (κ1) is 17.0. The number of halogens is 1. The third-order valence-electron chi connectivity index (χ3n) is 3.89. The van der Waals surface area contributed by atoms with E-state index >= 15 is 0 Å². The zero-order valence-electron chi connectivity index (χ0n) is 13.3. The van der Waals surface area contributed by atoms with Gasteiger partial charge in [0.25, 0.3) is 5.91 Å². The molecule has 128 valence electrons. The maximum Gasteiger partial charge on any atom is 0.273 e. The minimum atomic E-state index is -0.228. The first-order chi connectivity index (χ1) is 11.7. The predicted octanol–water partition coefficient (Wildman–Crippen LogP) is 2.45. The molecule has 1 saturated heterocycles. The van der Waals surface area contributed by atoms with Crippen LogP contribution in [-0.4, -0.2) is 55.4 Å². The van der Waals surface area contributed by atoms with Gasteiger partial charge in [-0.05, 0) is 25.1 Å². The minimum Gasteiger partial charge on any atom is -0.379 e. The van der Waals surface area contributed by atoms with Crippen LogP contribution in [0.25, 0.3) is 11.3 Å². The Morgan fingerprint density at radius 1 is 1.29 bits per heavy atom. The molecule has 0 atom stereocenters. The number of ether oxygens (including phenoxy) is 1. The topological polar surface area (TPSA) is 67.6 Å². The highest BCUT2D eigenvalue weighted by molar-refractivity contribution is 6.30. The van der Waals surface area contributed by atoms with E-state index in [1.807, 2.05) is 12.1 Å². The van der Waals surface area contributed by atoms with Gasteiger partial charge < -0.3 is 14.6 Å². The Balaban J connectivity index is 1.47. The number of nitrogens with zero attached hydrogens (tertiary/aromatic N) is 2. The molecule has 6 nitrogen and oxygen atoms in total. The van der Waals surface area contributed by atoms with Crippen molar-refractivity contribution in [3.8, 4) is 11.3 Å². The largest absolute Gasteiger partial charge is 0.379 e. The number of rotatable bonds is 6. The molecule has 2 heterocycles. The molecule has 0 aliphatic carbocycles. The fraction of sp³-hybridized carbons (Fsp3) is 0.412. The number of carbonyl (C=O) groups is 1. The van der Waals surface area contributed by atoms with Crippen LogP contribution in [-0.2, 0) is 4.74 Å². The molecule has 24 heavy (non-hydrogen) atoms. The van der Waals surface area contributed by atoms with Crippen LogP contribution in [0.5, 0.6) is 0 Å². The second kappa shape index (κ2) is 8.28. The Morgan fingerprint density at radius 2 is 2.12 bits per heavy atom. The van der Waals surface area contributed by atoms with Crippen LogP contribution in [0, 0.1) is 0 Å². The summed E-state index contributed by atoms with van der Waals surface area (Å²) >= 11 is 5.96. The zero-order valence-corrected chi connectivity index (χ0v) is 14.1. The van der Waals surface area contributed by atoms with Crippen LogP contribution >= 0.6 is 11.6 Å². The highest BCUT2D eigenvalue weighted by atomic mass is 35.5. The van der Waals surface area contributed by atoms with E-state index in [9.17, 15) is 4.79 Å². The summed E-state index contributed by atoms with van der Waals surface area (Å²) in [5, 5.41) is 7.31. The lowest BCUT2D eigenvalue weighted by molar-refractivity contribution is 0.0374. The van der Waals surface area contributed by atoms with E-state index < -0.39 is 0 Å². The van der Waals surface area contributed by atoms with Gasteiger partial charge in [0.05, 0.1) is 13.2 Å².